The van der Waals surface area contributed by atoms with E-state index in [4.69, 9.17) is 9.47 Å². The van der Waals surface area contributed by atoms with Crippen molar-refractivity contribution >= 4 is 11.7 Å². The molecular formula is C26H32N2O4. The van der Waals surface area contributed by atoms with Crippen molar-refractivity contribution < 1.29 is 19.1 Å². The van der Waals surface area contributed by atoms with Crippen LogP contribution in [0.15, 0.2) is 42.5 Å². The van der Waals surface area contributed by atoms with Gasteiger partial charge in [0.25, 0.3) is 0 Å². The van der Waals surface area contributed by atoms with E-state index in [1.807, 2.05) is 17.0 Å². The van der Waals surface area contributed by atoms with Crippen molar-refractivity contribution in [1.82, 2.24) is 9.80 Å². The van der Waals surface area contributed by atoms with Gasteiger partial charge in [-0.2, -0.15) is 0 Å². The fourth-order valence-electron chi connectivity index (χ4n) is 4.23. The molecule has 2 aliphatic heterocycles. The van der Waals surface area contributed by atoms with Gasteiger partial charge in [0.1, 0.15) is 11.5 Å². The van der Waals surface area contributed by atoms with E-state index in [0.717, 1.165) is 50.6 Å². The van der Waals surface area contributed by atoms with Crippen molar-refractivity contribution in [3.05, 3.63) is 59.2 Å². The molecular weight excluding hydrogens is 404 g/mol. The van der Waals surface area contributed by atoms with Gasteiger partial charge in [-0.1, -0.05) is 19.1 Å². The maximum atomic E-state index is 12.6. The molecule has 6 nitrogen and oxygen atoms in total. The normalized spacial score (nSPS) is 15.8. The summed E-state index contributed by atoms with van der Waals surface area (Å²) in [5, 5.41) is 0. The minimum absolute atomic E-state index is 0.000355. The summed E-state index contributed by atoms with van der Waals surface area (Å²) < 4.78 is 11.1. The van der Waals surface area contributed by atoms with E-state index in [1.54, 1.807) is 12.1 Å². The zero-order valence-corrected chi connectivity index (χ0v) is 18.8. The highest BCUT2D eigenvalue weighted by Gasteiger charge is 2.22. The Kier molecular flexibility index (Phi) is 7.43. The molecule has 0 radical (unpaired) electrons. The molecule has 2 aromatic rings. The lowest BCUT2D eigenvalue weighted by atomic mass is 10.1. The number of ether oxygens (including phenoxy) is 2. The number of amides is 1. The summed E-state index contributed by atoms with van der Waals surface area (Å²) in [6.45, 7) is 7.52. The first-order chi connectivity index (χ1) is 15.6. The first-order valence-electron chi connectivity index (χ1n) is 11.6. The van der Waals surface area contributed by atoms with Crippen molar-refractivity contribution in [3.63, 3.8) is 0 Å². The highest BCUT2D eigenvalue weighted by Crippen LogP contribution is 2.26. The second kappa shape index (κ2) is 10.6. The van der Waals surface area contributed by atoms with Crippen LogP contribution in [0.4, 0.5) is 0 Å². The SMILES string of the molecule is CCCOc1ccc(C(=O)CCC(=O)N2CCN(Cc3ccc4c(c3)CCO4)CC2)cc1. The maximum Gasteiger partial charge on any atom is 0.223 e. The zero-order chi connectivity index (χ0) is 22.3. The average Bonchev–Trinajstić information content (AvgIpc) is 3.30. The molecule has 2 aliphatic rings. The van der Waals surface area contributed by atoms with Gasteiger partial charge in [0.2, 0.25) is 5.91 Å². The summed E-state index contributed by atoms with van der Waals surface area (Å²) in [6.07, 6.45) is 2.44. The Hall–Kier alpha value is -2.86. The molecule has 0 unspecified atom stereocenters. The number of Topliss-reactive ketones (excluding diaryl/α,β-unsaturated/α-hetero) is 1. The molecule has 1 saturated heterocycles. The van der Waals surface area contributed by atoms with Gasteiger partial charge in [0.05, 0.1) is 13.2 Å². The first-order valence-corrected chi connectivity index (χ1v) is 11.6. The molecule has 0 atom stereocenters. The van der Waals surface area contributed by atoms with Gasteiger partial charge < -0.3 is 14.4 Å². The Labute approximate surface area is 190 Å². The van der Waals surface area contributed by atoms with Gasteiger partial charge in [-0.25, -0.2) is 0 Å². The fraction of sp³-hybridized carbons (Fsp3) is 0.462. The zero-order valence-electron chi connectivity index (χ0n) is 18.8. The molecule has 0 saturated carbocycles. The predicted octanol–water partition coefficient (Wildman–Crippen LogP) is 3.72. The molecule has 2 heterocycles. The van der Waals surface area contributed by atoms with Crippen LogP contribution in [0.25, 0.3) is 0 Å². The lowest BCUT2D eigenvalue weighted by Crippen LogP contribution is -2.48. The largest absolute Gasteiger partial charge is 0.494 e. The van der Waals surface area contributed by atoms with E-state index < -0.39 is 0 Å². The van der Waals surface area contributed by atoms with Gasteiger partial charge in [-0.15, -0.1) is 0 Å². The summed E-state index contributed by atoms with van der Waals surface area (Å²) in [4.78, 5) is 29.4. The monoisotopic (exact) mass is 436 g/mol. The molecule has 0 N–H and O–H groups in total. The number of ketones is 1. The fourth-order valence-corrected chi connectivity index (χ4v) is 4.23. The molecule has 0 bridgehead atoms. The molecule has 1 fully saturated rings. The number of hydrogen-bond donors (Lipinski definition) is 0. The Bertz CT molecular complexity index is 933. The number of piperazine rings is 1. The number of rotatable bonds is 9. The van der Waals surface area contributed by atoms with E-state index in [2.05, 4.69) is 30.0 Å². The Balaban J connectivity index is 1.19. The Morgan fingerprint density at radius 2 is 1.78 bits per heavy atom. The molecule has 0 spiro atoms. The summed E-state index contributed by atoms with van der Waals surface area (Å²) in [7, 11) is 0. The van der Waals surface area contributed by atoms with Crippen LogP contribution < -0.4 is 9.47 Å². The molecule has 0 aliphatic carbocycles. The summed E-state index contributed by atoms with van der Waals surface area (Å²) in [6, 6.07) is 13.6. The molecule has 32 heavy (non-hydrogen) atoms. The number of benzene rings is 2. The smallest absolute Gasteiger partial charge is 0.223 e. The number of carbonyl (C=O) groups excluding carboxylic acids is 2. The van der Waals surface area contributed by atoms with Crippen molar-refractivity contribution in [3.8, 4) is 11.5 Å². The third-order valence-corrected chi connectivity index (χ3v) is 6.10. The van der Waals surface area contributed by atoms with Gasteiger partial charge >= 0.3 is 0 Å². The van der Waals surface area contributed by atoms with Gasteiger partial charge in [0.15, 0.2) is 5.78 Å². The van der Waals surface area contributed by atoms with Gasteiger partial charge in [0, 0.05) is 57.5 Å². The Morgan fingerprint density at radius 3 is 2.53 bits per heavy atom. The second-order valence-electron chi connectivity index (χ2n) is 8.49. The minimum atomic E-state index is -0.000355. The summed E-state index contributed by atoms with van der Waals surface area (Å²) in [5.74, 6) is 1.85. The lowest BCUT2D eigenvalue weighted by molar-refractivity contribution is -0.132. The van der Waals surface area contributed by atoms with E-state index in [9.17, 15) is 9.59 Å². The van der Waals surface area contributed by atoms with Crippen molar-refractivity contribution in [1.29, 1.82) is 0 Å². The van der Waals surface area contributed by atoms with Crippen molar-refractivity contribution in [2.75, 3.05) is 39.4 Å². The predicted molar refractivity (Wildman–Crippen MR) is 123 cm³/mol. The third kappa shape index (κ3) is 5.68. The van der Waals surface area contributed by atoms with Crippen LogP contribution in [0, 0.1) is 0 Å². The van der Waals surface area contributed by atoms with Crippen molar-refractivity contribution in [2.24, 2.45) is 0 Å². The average molecular weight is 437 g/mol. The van der Waals surface area contributed by atoms with Crippen LogP contribution in [0.3, 0.4) is 0 Å². The number of carbonyl (C=O) groups is 2. The van der Waals surface area contributed by atoms with Crippen molar-refractivity contribution in [2.45, 2.75) is 39.2 Å². The second-order valence-corrected chi connectivity index (χ2v) is 8.49. The first kappa shape index (κ1) is 22.3. The van der Waals surface area contributed by atoms with E-state index in [-0.39, 0.29) is 24.5 Å². The molecule has 4 rings (SSSR count). The Morgan fingerprint density at radius 1 is 1.00 bits per heavy atom. The molecule has 0 aromatic heterocycles. The maximum absolute atomic E-state index is 12.6. The standard InChI is InChI=1S/C26H32N2O4/c1-2-16-31-23-6-4-21(5-7-23)24(29)8-10-26(30)28-14-12-27(13-15-28)19-20-3-9-25-22(18-20)11-17-32-25/h3-7,9,18H,2,8,10-17,19H2,1H3. The molecule has 170 valence electrons. The molecule has 1 amide bonds. The topological polar surface area (TPSA) is 59.1 Å². The van der Waals surface area contributed by atoms with Crippen LogP contribution in [0.5, 0.6) is 11.5 Å². The van der Waals surface area contributed by atoms with Crippen LogP contribution in [-0.4, -0.2) is 60.9 Å². The number of nitrogens with zero attached hydrogens (tertiary/aromatic N) is 2. The third-order valence-electron chi connectivity index (χ3n) is 6.10. The van der Waals surface area contributed by atoms with Crippen LogP contribution in [0.2, 0.25) is 0 Å². The van der Waals surface area contributed by atoms with Gasteiger partial charge in [-0.05, 0) is 47.9 Å². The van der Waals surface area contributed by atoms with E-state index in [1.165, 1.54) is 11.1 Å². The minimum Gasteiger partial charge on any atom is -0.494 e. The van der Waals surface area contributed by atoms with Gasteiger partial charge in [-0.3, -0.25) is 14.5 Å². The molecule has 6 heteroatoms. The summed E-state index contributed by atoms with van der Waals surface area (Å²) >= 11 is 0. The number of hydrogen-bond acceptors (Lipinski definition) is 5. The summed E-state index contributed by atoms with van der Waals surface area (Å²) in [5.41, 5.74) is 3.22. The highest BCUT2D eigenvalue weighted by atomic mass is 16.5. The van der Waals surface area contributed by atoms with E-state index in [0.29, 0.717) is 25.3 Å². The number of fused-ring (bicyclic) bond motifs is 1. The van der Waals surface area contributed by atoms with E-state index >= 15 is 0 Å². The van der Waals surface area contributed by atoms with Crippen LogP contribution >= 0.6 is 0 Å². The lowest BCUT2D eigenvalue weighted by Gasteiger charge is -2.34. The molecule has 2 aromatic carbocycles. The quantitative estimate of drug-likeness (QED) is 0.561. The van der Waals surface area contributed by atoms with Crippen LogP contribution in [-0.2, 0) is 17.8 Å². The van der Waals surface area contributed by atoms with Crippen LogP contribution in [0.1, 0.15) is 47.7 Å². The highest BCUT2D eigenvalue weighted by molar-refractivity contribution is 5.98.